The molecule has 0 saturated carbocycles. The first-order valence-electron chi connectivity index (χ1n) is 4.88. The Kier molecular flexibility index (Phi) is 2.97. The lowest BCUT2D eigenvalue weighted by Gasteiger charge is -2.10. The molecular formula is C11H11N3O2S. The van der Waals surface area contributed by atoms with E-state index in [9.17, 15) is 4.79 Å². The highest BCUT2D eigenvalue weighted by Gasteiger charge is 2.04. The number of nitrogen functional groups attached to an aromatic ring is 1. The highest BCUT2D eigenvalue weighted by molar-refractivity contribution is 7.71. The second kappa shape index (κ2) is 4.42. The van der Waals surface area contributed by atoms with Crippen molar-refractivity contribution in [1.29, 1.82) is 0 Å². The van der Waals surface area contributed by atoms with Crippen LogP contribution in [0.3, 0.4) is 0 Å². The van der Waals surface area contributed by atoms with E-state index in [4.69, 9.17) is 22.7 Å². The summed E-state index contributed by atoms with van der Waals surface area (Å²) in [4.78, 5) is 13.7. The fourth-order valence-corrected chi connectivity index (χ4v) is 1.84. The predicted octanol–water partition coefficient (Wildman–Crippen LogP) is 1.49. The maximum absolute atomic E-state index is 11.2. The highest BCUT2D eigenvalue weighted by atomic mass is 32.1. The Morgan fingerprint density at radius 3 is 2.82 bits per heavy atom. The molecule has 6 heteroatoms. The summed E-state index contributed by atoms with van der Waals surface area (Å²) >= 11 is 5.08. The predicted molar refractivity (Wildman–Crippen MR) is 68.2 cm³/mol. The van der Waals surface area contributed by atoms with Gasteiger partial charge in [0.2, 0.25) is 0 Å². The van der Waals surface area contributed by atoms with Gasteiger partial charge < -0.3 is 10.5 Å². The number of ether oxygens (including phenoxy) is 1. The summed E-state index contributed by atoms with van der Waals surface area (Å²) < 4.78 is 6.94. The Hall–Kier alpha value is -2.08. The zero-order valence-corrected chi connectivity index (χ0v) is 9.95. The minimum atomic E-state index is -0.313. The minimum Gasteiger partial charge on any atom is -0.497 e. The van der Waals surface area contributed by atoms with Crippen LogP contribution in [0.4, 0.5) is 5.82 Å². The van der Waals surface area contributed by atoms with Gasteiger partial charge in [-0.1, -0.05) is 6.07 Å². The Bertz CT molecular complexity index is 660. The van der Waals surface area contributed by atoms with Gasteiger partial charge in [0.15, 0.2) is 4.77 Å². The molecule has 3 N–H and O–H groups in total. The number of aromatic amines is 1. The van der Waals surface area contributed by atoms with Crippen molar-refractivity contribution in [2.45, 2.75) is 0 Å². The van der Waals surface area contributed by atoms with Gasteiger partial charge in [-0.25, -0.2) is 0 Å². The van der Waals surface area contributed by atoms with E-state index in [-0.39, 0.29) is 16.1 Å². The number of nitrogens with one attached hydrogen (secondary N) is 1. The molecule has 5 nitrogen and oxygen atoms in total. The van der Waals surface area contributed by atoms with Gasteiger partial charge in [0, 0.05) is 12.1 Å². The summed E-state index contributed by atoms with van der Waals surface area (Å²) in [6.07, 6.45) is 0. The normalized spacial score (nSPS) is 10.2. The van der Waals surface area contributed by atoms with Crippen molar-refractivity contribution in [3.8, 4) is 11.4 Å². The van der Waals surface area contributed by atoms with Crippen LogP contribution in [0.15, 0.2) is 35.1 Å². The first kappa shape index (κ1) is 11.4. The van der Waals surface area contributed by atoms with Gasteiger partial charge in [-0.05, 0) is 24.4 Å². The topological polar surface area (TPSA) is 73.0 Å². The molecule has 0 saturated heterocycles. The first-order valence-corrected chi connectivity index (χ1v) is 5.29. The number of benzene rings is 1. The third-order valence-electron chi connectivity index (χ3n) is 2.28. The van der Waals surface area contributed by atoms with Crippen molar-refractivity contribution in [3.05, 3.63) is 45.5 Å². The monoisotopic (exact) mass is 249 g/mol. The standard InChI is InChI=1S/C11H11N3O2S/c1-16-8-4-2-3-7(5-8)14-9(12)6-10(15)13-11(14)17/h2-6H,12H2,1H3,(H,13,15,17). The van der Waals surface area contributed by atoms with E-state index in [1.807, 2.05) is 18.2 Å². The van der Waals surface area contributed by atoms with Crippen molar-refractivity contribution in [2.24, 2.45) is 0 Å². The number of nitrogens with two attached hydrogens (primary N) is 1. The van der Waals surface area contributed by atoms with Gasteiger partial charge in [0.05, 0.1) is 12.8 Å². The quantitative estimate of drug-likeness (QED) is 0.791. The molecule has 0 bridgehead atoms. The molecule has 0 atom stereocenters. The minimum absolute atomic E-state index is 0.253. The molecule has 88 valence electrons. The Morgan fingerprint density at radius 1 is 1.41 bits per heavy atom. The molecule has 2 rings (SSSR count). The zero-order chi connectivity index (χ0) is 12.4. The zero-order valence-electron chi connectivity index (χ0n) is 9.14. The van der Waals surface area contributed by atoms with Crippen molar-refractivity contribution >= 4 is 18.0 Å². The maximum atomic E-state index is 11.2. The van der Waals surface area contributed by atoms with E-state index in [1.165, 1.54) is 6.07 Å². The summed E-state index contributed by atoms with van der Waals surface area (Å²) in [5.41, 5.74) is 6.21. The van der Waals surface area contributed by atoms with Gasteiger partial charge in [0.1, 0.15) is 11.6 Å². The Labute approximate surface area is 102 Å². The Balaban J connectivity index is 2.68. The number of hydrogen-bond acceptors (Lipinski definition) is 4. The van der Waals surface area contributed by atoms with Gasteiger partial charge in [-0.3, -0.25) is 14.3 Å². The lowest BCUT2D eigenvalue weighted by molar-refractivity contribution is 0.414. The highest BCUT2D eigenvalue weighted by Crippen LogP contribution is 2.18. The molecule has 0 radical (unpaired) electrons. The summed E-state index contributed by atoms with van der Waals surface area (Å²) in [7, 11) is 1.58. The average Bonchev–Trinajstić information content (AvgIpc) is 2.28. The second-order valence-corrected chi connectivity index (χ2v) is 3.79. The third-order valence-corrected chi connectivity index (χ3v) is 2.57. The fourth-order valence-electron chi connectivity index (χ4n) is 1.53. The fraction of sp³-hybridized carbons (Fsp3) is 0.0909. The summed E-state index contributed by atoms with van der Waals surface area (Å²) in [6, 6.07) is 8.53. The second-order valence-electron chi connectivity index (χ2n) is 3.40. The van der Waals surface area contributed by atoms with Crippen LogP contribution in [-0.2, 0) is 0 Å². The number of nitrogens with zero attached hydrogens (tertiary/aromatic N) is 1. The maximum Gasteiger partial charge on any atom is 0.253 e. The molecule has 0 aliphatic rings. The van der Waals surface area contributed by atoms with Gasteiger partial charge in [-0.15, -0.1) is 0 Å². The van der Waals surface area contributed by atoms with E-state index in [1.54, 1.807) is 17.7 Å². The van der Waals surface area contributed by atoms with Crippen LogP contribution in [0.25, 0.3) is 5.69 Å². The first-order chi connectivity index (χ1) is 8.11. The van der Waals surface area contributed by atoms with E-state index in [0.717, 1.165) is 5.69 Å². The number of methoxy groups -OCH3 is 1. The van der Waals surface area contributed by atoms with E-state index < -0.39 is 0 Å². The van der Waals surface area contributed by atoms with E-state index >= 15 is 0 Å². The van der Waals surface area contributed by atoms with Crippen LogP contribution in [-0.4, -0.2) is 16.7 Å². The van der Waals surface area contributed by atoms with Crippen molar-refractivity contribution in [2.75, 3.05) is 12.8 Å². The van der Waals surface area contributed by atoms with E-state index in [0.29, 0.717) is 5.75 Å². The Morgan fingerprint density at radius 2 is 2.18 bits per heavy atom. The van der Waals surface area contributed by atoms with Gasteiger partial charge >= 0.3 is 0 Å². The van der Waals surface area contributed by atoms with Crippen molar-refractivity contribution in [3.63, 3.8) is 0 Å². The van der Waals surface area contributed by atoms with Gasteiger partial charge in [-0.2, -0.15) is 0 Å². The molecule has 0 spiro atoms. The van der Waals surface area contributed by atoms with Crippen LogP contribution >= 0.6 is 12.2 Å². The molecule has 1 aromatic carbocycles. The van der Waals surface area contributed by atoms with Crippen molar-refractivity contribution < 1.29 is 4.74 Å². The molecule has 0 aliphatic heterocycles. The number of H-pyrrole nitrogens is 1. The largest absolute Gasteiger partial charge is 0.497 e. The number of rotatable bonds is 2. The molecule has 0 unspecified atom stereocenters. The average molecular weight is 249 g/mol. The molecular weight excluding hydrogens is 238 g/mol. The molecule has 1 heterocycles. The SMILES string of the molecule is COc1cccc(-n2c(N)cc(=O)[nH]c2=S)c1. The molecule has 0 aliphatic carbocycles. The van der Waals surface area contributed by atoms with Crippen LogP contribution in [0, 0.1) is 4.77 Å². The smallest absolute Gasteiger partial charge is 0.253 e. The number of aromatic nitrogens is 2. The van der Waals surface area contributed by atoms with Gasteiger partial charge in [0.25, 0.3) is 5.56 Å². The van der Waals surface area contributed by atoms with Crippen LogP contribution < -0.4 is 16.0 Å². The van der Waals surface area contributed by atoms with E-state index in [2.05, 4.69) is 4.98 Å². The lowest BCUT2D eigenvalue weighted by Crippen LogP contribution is -2.14. The third kappa shape index (κ3) is 2.21. The lowest BCUT2D eigenvalue weighted by atomic mass is 10.3. The summed E-state index contributed by atoms with van der Waals surface area (Å²) in [5, 5.41) is 0. The van der Waals surface area contributed by atoms with Crippen molar-refractivity contribution in [1.82, 2.24) is 9.55 Å². The number of hydrogen-bond donors (Lipinski definition) is 2. The van der Waals surface area contributed by atoms with Crippen LogP contribution in [0.2, 0.25) is 0 Å². The molecule has 0 amide bonds. The molecule has 1 aromatic heterocycles. The molecule has 0 fully saturated rings. The van der Waals surface area contributed by atoms with Crippen LogP contribution in [0.5, 0.6) is 5.75 Å². The summed E-state index contributed by atoms with van der Waals surface area (Å²) in [5.74, 6) is 0.974. The van der Waals surface area contributed by atoms with Crippen LogP contribution in [0.1, 0.15) is 0 Å². The summed E-state index contributed by atoms with van der Waals surface area (Å²) in [6.45, 7) is 0. The molecule has 17 heavy (non-hydrogen) atoms. The number of anilines is 1. The molecule has 2 aromatic rings.